The predicted octanol–water partition coefficient (Wildman–Crippen LogP) is 6.83. The maximum absolute atomic E-state index is 2.40. The molecule has 1 aliphatic heterocycles. The van der Waals surface area contributed by atoms with Crippen LogP contribution in [0.3, 0.4) is 0 Å². The van der Waals surface area contributed by atoms with Gasteiger partial charge in [-0.05, 0) is 84.7 Å². The Hall–Kier alpha value is -0.300. The fraction of sp³-hybridized carbons (Fsp3) is 0.909. The minimum absolute atomic E-state index is 0.847. The Balaban J connectivity index is 0.000000173. The summed E-state index contributed by atoms with van der Waals surface area (Å²) in [5.41, 5.74) is 3.27. The normalized spacial score (nSPS) is 31.8. The minimum atomic E-state index is 0.847. The zero-order chi connectivity index (χ0) is 17.2. The van der Waals surface area contributed by atoms with Crippen molar-refractivity contribution in [2.24, 2.45) is 11.8 Å². The highest BCUT2D eigenvalue weighted by molar-refractivity contribution is 5.11. The van der Waals surface area contributed by atoms with Gasteiger partial charge in [0.25, 0.3) is 0 Å². The molecule has 0 aromatic heterocycles. The highest BCUT2D eigenvalue weighted by Crippen LogP contribution is 2.28. The molecule has 0 amide bonds. The van der Waals surface area contributed by atoms with Gasteiger partial charge in [0.2, 0.25) is 0 Å². The first kappa shape index (κ1) is 20.7. The lowest BCUT2D eigenvalue weighted by Gasteiger charge is -2.24. The first-order valence-electron chi connectivity index (χ1n) is 10.3. The molecular formula is C22H43N. The summed E-state index contributed by atoms with van der Waals surface area (Å²) in [5, 5.41) is 0. The molecule has 0 spiro atoms. The van der Waals surface area contributed by atoms with Crippen LogP contribution >= 0.6 is 0 Å². The summed E-state index contributed by atoms with van der Waals surface area (Å²) in [4.78, 5) is 2.40. The largest absolute Gasteiger partial charge is 0.304 e. The monoisotopic (exact) mass is 321 g/mol. The molecule has 1 heteroatoms. The first-order valence-corrected chi connectivity index (χ1v) is 10.3. The Labute approximate surface area is 146 Å². The van der Waals surface area contributed by atoms with Gasteiger partial charge in [0.05, 0.1) is 0 Å². The zero-order valence-corrected chi connectivity index (χ0v) is 17.0. The van der Waals surface area contributed by atoms with Crippen LogP contribution in [0.4, 0.5) is 0 Å². The number of allylic oxidation sites excluding steroid dienone is 2. The summed E-state index contributed by atoms with van der Waals surface area (Å²) < 4.78 is 0. The van der Waals surface area contributed by atoms with E-state index in [1.165, 1.54) is 70.8 Å². The Morgan fingerprint density at radius 2 is 1.17 bits per heavy atom. The topological polar surface area (TPSA) is 3.24 Å². The summed E-state index contributed by atoms with van der Waals surface area (Å²) in [7, 11) is 2.19. The average molecular weight is 322 g/mol. The molecule has 3 unspecified atom stereocenters. The second-order valence-corrected chi connectivity index (χ2v) is 8.48. The fourth-order valence-corrected chi connectivity index (χ4v) is 3.79. The molecule has 23 heavy (non-hydrogen) atoms. The molecule has 1 heterocycles. The van der Waals surface area contributed by atoms with E-state index in [-0.39, 0.29) is 0 Å². The summed E-state index contributed by atoms with van der Waals surface area (Å²) in [6, 6.07) is 0.847. The standard InChI is InChI=1S/C8H16.C8H14.C6H13N/c2*1-7-5-3-4-6-8(7)2;1-6-4-3-5-7(6)2/h7-8H,3-6H2,1-2H3;3-6H2,1-2H3;6H,3-5H2,1-2H3. The summed E-state index contributed by atoms with van der Waals surface area (Å²) in [5.74, 6) is 2.01. The van der Waals surface area contributed by atoms with Crippen LogP contribution in [0.5, 0.6) is 0 Å². The molecule has 2 aliphatic carbocycles. The second-order valence-electron chi connectivity index (χ2n) is 8.48. The van der Waals surface area contributed by atoms with Crippen molar-refractivity contribution < 1.29 is 0 Å². The van der Waals surface area contributed by atoms with Crippen LogP contribution in [0.2, 0.25) is 0 Å². The molecule has 0 N–H and O–H groups in total. The van der Waals surface area contributed by atoms with Crippen LogP contribution in [-0.2, 0) is 0 Å². The summed E-state index contributed by atoms with van der Waals surface area (Å²) >= 11 is 0. The molecule has 1 saturated heterocycles. The lowest BCUT2D eigenvalue weighted by Crippen LogP contribution is -2.20. The van der Waals surface area contributed by atoms with Gasteiger partial charge in [0, 0.05) is 6.04 Å². The van der Waals surface area contributed by atoms with Gasteiger partial charge in [-0.25, -0.2) is 0 Å². The Morgan fingerprint density at radius 3 is 1.39 bits per heavy atom. The molecule has 3 rings (SSSR count). The van der Waals surface area contributed by atoms with Gasteiger partial charge < -0.3 is 4.90 Å². The molecule has 0 bridgehead atoms. The smallest absolute Gasteiger partial charge is 0.00643 e. The molecular weight excluding hydrogens is 278 g/mol. The molecule has 0 radical (unpaired) electrons. The van der Waals surface area contributed by atoms with Crippen molar-refractivity contribution in [2.75, 3.05) is 13.6 Å². The Morgan fingerprint density at radius 1 is 0.696 bits per heavy atom. The molecule has 136 valence electrons. The van der Waals surface area contributed by atoms with Crippen LogP contribution in [0.25, 0.3) is 0 Å². The van der Waals surface area contributed by atoms with Crippen molar-refractivity contribution in [3.8, 4) is 0 Å². The Bertz CT molecular complexity index is 312. The van der Waals surface area contributed by atoms with Gasteiger partial charge in [-0.15, -0.1) is 0 Å². The SMILES string of the molecule is CC1=C(C)CCCC1.CC1CCCCC1C.CC1CCCN1C. The van der Waals surface area contributed by atoms with Crippen LogP contribution in [-0.4, -0.2) is 24.5 Å². The van der Waals surface area contributed by atoms with E-state index in [2.05, 4.69) is 46.6 Å². The predicted molar refractivity (Wildman–Crippen MR) is 105 cm³/mol. The number of rotatable bonds is 0. The van der Waals surface area contributed by atoms with Crippen LogP contribution in [0.15, 0.2) is 11.1 Å². The zero-order valence-electron chi connectivity index (χ0n) is 17.0. The Kier molecular flexibility index (Phi) is 10.2. The first-order chi connectivity index (χ1) is 10.9. The van der Waals surface area contributed by atoms with Gasteiger partial charge >= 0.3 is 0 Å². The van der Waals surface area contributed by atoms with Crippen molar-refractivity contribution >= 4 is 0 Å². The van der Waals surface area contributed by atoms with E-state index in [1.54, 1.807) is 11.1 Å². The van der Waals surface area contributed by atoms with Gasteiger partial charge in [0.1, 0.15) is 0 Å². The van der Waals surface area contributed by atoms with Crippen LogP contribution in [0.1, 0.15) is 98.8 Å². The maximum atomic E-state index is 2.40. The molecule has 1 nitrogen and oxygen atoms in total. The van der Waals surface area contributed by atoms with Crippen molar-refractivity contribution in [3.05, 3.63) is 11.1 Å². The second kappa shape index (κ2) is 11.3. The molecule has 2 fully saturated rings. The van der Waals surface area contributed by atoms with Gasteiger partial charge in [-0.1, -0.05) is 50.7 Å². The van der Waals surface area contributed by atoms with E-state index in [4.69, 9.17) is 0 Å². The summed E-state index contributed by atoms with van der Waals surface area (Å²) in [6.07, 6.45) is 14.2. The van der Waals surface area contributed by atoms with Crippen LogP contribution in [0, 0.1) is 11.8 Å². The fourth-order valence-electron chi connectivity index (χ4n) is 3.79. The van der Waals surface area contributed by atoms with E-state index in [0.29, 0.717) is 0 Å². The lowest BCUT2D eigenvalue weighted by molar-refractivity contribution is 0.277. The summed E-state index contributed by atoms with van der Waals surface area (Å²) in [6.45, 7) is 12.9. The van der Waals surface area contributed by atoms with E-state index in [1.807, 2.05) is 0 Å². The third-order valence-corrected chi connectivity index (χ3v) is 6.51. The van der Waals surface area contributed by atoms with E-state index in [0.717, 1.165) is 17.9 Å². The van der Waals surface area contributed by atoms with Gasteiger partial charge in [-0.3, -0.25) is 0 Å². The lowest BCUT2D eigenvalue weighted by atomic mass is 9.82. The molecule has 1 saturated carbocycles. The third-order valence-electron chi connectivity index (χ3n) is 6.51. The van der Waals surface area contributed by atoms with Crippen molar-refractivity contribution in [1.82, 2.24) is 4.90 Å². The minimum Gasteiger partial charge on any atom is -0.304 e. The van der Waals surface area contributed by atoms with Gasteiger partial charge in [-0.2, -0.15) is 0 Å². The number of hydrogen-bond donors (Lipinski definition) is 0. The maximum Gasteiger partial charge on any atom is 0.00643 e. The molecule has 3 atom stereocenters. The van der Waals surface area contributed by atoms with Crippen LogP contribution < -0.4 is 0 Å². The highest BCUT2D eigenvalue weighted by Gasteiger charge is 2.15. The number of likely N-dealkylation sites (tertiary alicyclic amines) is 1. The quantitative estimate of drug-likeness (QED) is 0.442. The van der Waals surface area contributed by atoms with Crippen molar-refractivity contribution in [2.45, 2.75) is 105 Å². The number of hydrogen-bond acceptors (Lipinski definition) is 1. The molecule has 0 aromatic carbocycles. The van der Waals surface area contributed by atoms with Gasteiger partial charge in [0.15, 0.2) is 0 Å². The average Bonchev–Trinajstić information content (AvgIpc) is 2.90. The van der Waals surface area contributed by atoms with Crippen molar-refractivity contribution in [1.29, 1.82) is 0 Å². The third kappa shape index (κ3) is 8.38. The molecule has 0 aromatic rings. The highest BCUT2D eigenvalue weighted by atomic mass is 15.1. The van der Waals surface area contributed by atoms with E-state index >= 15 is 0 Å². The van der Waals surface area contributed by atoms with E-state index in [9.17, 15) is 0 Å². The molecule has 3 aliphatic rings. The number of nitrogens with zero attached hydrogens (tertiary/aromatic N) is 1. The van der Waals surface area contributed by atoms with E-state index < -0.39 is 0 Å². The van der Waals surface area contributed by atoms with Crippen molar-refractivity contribution in [3.63, 3.8) is 0 Å².